The molecule has 27 heavy (non-hydrogen) atoms. The highest BCUT2D eigenvalue weighted by Crippen LogP contribution is 2.09. The smallest absolute Gasteiger partial charge is 0.391 e. The van der Waals surface area contributed by atoms with Gasteiger partial charge < -0.3 is 31.0 Å². The second kappa shape index (κ2) is 11.3. The average molecular weight is 447 g/mol. The van der Waals surface area contributed by atoms with E-state index >= 15 is 0 Å². The van der Waals surface area contributed by atoms with Crippen LogP contribution >= 0.6 is 0 Å². The molecule has 0 saturated heterocycles. The van der Waals surface area contributed by atoms with E-state index in [-0.39, 0.29) is 0 Å². The molecule has 0 aromatic heterocycles. The quantitative estimate of drug-likeness (QED) is 0.425. The zero-order valence-corrected chi connectivity index (χ0v) is 21.9. The Labute approximate surface area is 167 Å². The molecule has 0 heterocycles. The van der Waals surface area contributed by atoms with Crippen LogP contribution in [0.1, 0.15) is 0 Å². The van der Waals surface area contributed by atoms with Crippen LogP contribution in [0.5, 0.6) is 0 Å². The van der Waals surface area contributed by atoms with Crippen LogP contribution in [-0.2, 0) is 31.0 Å². The normalized spacial score (nSPS) is 12.2. The summed E-state index contributed by atoms with van der Waals surface area (Å²) in [4.78, 5) is 0. The van der Waals surface area contributed by atoms with Crippen molar-refractivity contribution in [3.8, 4) is 33.3 Å². The van der Waals surface area contributed by atoms with Crippen molar-refractivity contribution in [2.45, 2.75) is 19.6 Å². The first-order valence-electron chi connectivity index (χ1n) is 8.04. The van der Waals surface area contributed by atoms with Crippen LogP contribution in [0.25, 0.3) is 0 Å². The zero-order valence-electron chi connectivity index (χ0n) is 17.9. The number of hydrogen-bond donors (Lipinski definition) is 0. The predicted octanol–water partition coefficient (Wildman–Crippen LogP) is 0.918. The summed E-state index contributed by atoms with van der Waals surface area (Å²) < 4.78 is 38.3. The zero-order chi connectivity index (χ0) is 21.2. The molecular weight excluding hydrogens is 417 g/mol. The van der Waals surface area contributed by atoms with E-state index in [0.29, 0.717) is 0 Å². The molecule has 0 aliphatic carbocycles. The molecule has 0 atom stereocenters. The number of rotatable bonds is 7. The first-order valence-corrected chi connectivity index (χ1v) is 16.9. The minimum absolute atomic E-state index is 1.54. The van der Waals surface area contributed by atoms with Crippen molar-refractivity contribution in [1.29, 1.82) is 0 Å². The van der Waals surface area contributed by atoms with Crippen molar-refractivity contribution in [3.63, 3.8) is 0 Å². The molecule has 0 fully saturated rings. The van der Waals surface area contributed by atoms with Crippen LogP contribution in [0, 0.1) is 33.3 Å². The molecule has 7 nitrogen and oxygen atoms in total. The lowest BCUT2D eigenvalue weighted by atomic mass is 11.3. The molecule has 0 N–H and O–H groups in total. The van der Waals surface area contributed by atoms with E-state index in [2.05, 4.69) is 33.3 Å². The lowest BCUT2D eigenvalue weighted by Gasteiger charge is -2.19. The van der Waals surface area contributed by atoms with Crippen LogP contribution in [-0.4, -0.2) is 83.8 Å². The minimum atomic E-state index is -3.16. The van der Waals surface area contributed by atoms with Gasteiger partial charge in [0.1, 0.15) is 0 Å². The summed E-state index contributed by atoms with van der Waals surface area (Å²) in [7, 11) is -0.165. The van der Waals surface area contributed by atoms with Gasteiger partial charge in [0.2, 0.25) is 0 Å². The molecule has 0 aromatic carbocycles. The fourth-order valence-corrected chi connectivity index (χ4v) is 7.85. The highest BCUT2D eigenvalue weighted by atomic mass is 28.4. The molecule has 0 amide bonds. The monoisotopic (exact) mass is 446 g/mol. The minimum Gasteiger partial charge on any atom is -0.391 e. The van der Waals surface area contributed by atoms with Crippen LogP contribution in [0.2, 0.25) is 19.6 Å². The second-order valence-corrected chi connectivity index (χ2v) is 17.1. The van der Waals surface area contributed by atoms with Crippen molar-refractivity contribution in [2.24, 2.45) is 0 Å². The first-order chi connectivity index (χ1) is 12.5. The van der Waals surface area contributed by atoms with Gasteiger partial charge in [-0.15, -0.1) is 0 Å². The highest BCUT2D eigenvalue weighted by molar-refractivity contribution is 6.98. The lowest BCUT2D eigenvalue weighted by molar-refractivity contribution is 0.266. The van der Waals surface area contributed by atoms with E-state index in [9.17, 15) is 0 Å². The third kappa shape index (κ3) is 8.03. The molecule has 0 rings (SSSR count). The van der Waals surface area contributed by atoms with Gasteiger partial charge in [-0.1, -0.05) is 33.3 Å². The summed E-state index contributed by atoms with van der Waals surface area (Å²) in [6.45, 7) is 5.51. The third-order valence-electron chi connectivity index (χ3n) is 4.04. The summed E-state index contributed by atoms with van der Waals surface area (Å²) in [6.07, 6.45) is 0. The standard InChI is InChI=1S/C16H30O7Si4/c1-17-24(8,18-2)11-14-27(23-7,15-12-25(9,19-3)20-4)16-13-26(10,21-5)22-6/h1-10H3. The second-order valence-electron chi connectivity index (χ2n) is 5.70. The fourth-order valence-electron chi connectivity index (χ4n) is 1.41. The van der Waals surface area contributed by atoms with E-state index in [4.69, 9.17) is 31.0 Å². The fraction of sp³-hybridized carbons (Fsp3) is 0.625. The van der Waals surface area contributed by atoms with Crippen molar-refractivity contribution in [1.82, 2.24) is 0 Å². The topological polar surface area (TPSA) is 64.6 Å². The van der Waals surface area contributed by atoms with Crippen molar-refractivity contribution < 1.29 is 31.0 Å². The van der Waals surface area contributed by atoms with Crippen molar-refractivity contribution >= 4 is 34.0 Å². The van der Waals surface area contributed by atoms with Crippen molar-refractivity contribution in [2.75, 3.05) is 49.8 Å². The molecule has 0 aliphatic rings. The Bertz CT molecular complexity index is 565. The maximum absolute atomic E-state index is 5.74. The summed E-state index contributed by atoms with van der Waals surface area (Å²) >= 11 is 0. The van der Waals surface area contributed by atoms with Crippen LogP contribution in [0.4, 0.5) is 0 Å². The molecular formula is C16H30O7Si4. The summed E-state index contributed by atoms with van der Waals surface area (Å²) in [5, 5.41) is 0. The number of hydrogen-bond acceptors (Lipinski definition) is 7. The molecule has 0 saturated carbocycles. The summed E-state index contributed by atoms with van der Waals surface area (Å²) in [5.41, 5.74) is 18.6. The maximum atomic E-state index is 5.74. The Morgan fingerprint density at radius 3 is 0.741 bits per heavy atom. The van der Waals surface area contributed by atoms with Gasteiger partial charge >= 0.3 is 34.0 Å². The predicted molar refractivity (Wildman–Crippen MR) is 113 cm³/mol. The summed E-state index contributed by atoms with van der Waals surface area (Å²) in [5.74, 6) is 0. The largest absolute Gasteiger partial charge is 0.435 e. The van der Waals surface area contributed by atoms with Gasteiger partial charge in [-0.2, -0.15) is 0 Å². The Morgan fingerprint density at radius 1 is 0.370 bits per heavy atom. The Hall–Kier alpha value is -0.732. The van der Waals surface area contributed by atoms with E-state index < -0.39 is 34.0 Å². The molecule has 0 radical (unpaired) electrons. The molecule has 11 heteroatoms. The van der Waals surface area contributed by atoms with Gasteiger partial charge in [-0.05, 0) is 19.6 Å². The van der Waals surface area contributed by atoms with E-state index in [1.165, 1.54) is 0 Å². The van der Waals surface area contributed by atoms with Gasteiger partial charge in [0.15, 0.2) is 0 Å². The maximum Gasteiger partial charge on any atom is 0.435 e. The molecule has 152 valence electrons. The Kier molecular flexibility index (Phi) is 11.0. The van der Waals surface area contributed by atoms with Gasteiger partial charge in [-0.25, -0.2) is 0 Å². The molecule has 0 aliphatic heterocycles. The third-order valence-corrected chi connectivity index (χ3v) is 13.2. The molecule has 0 bridgehead atoms. The van der Waals surface area contributed by atoms with Crippen LogP contribution in [0.3, 0.4) is 0 Å². The Balaban J connectivity index is 6.44. The van der Waals surface area contributed by atoms with Gasteiger partial charge in [-0.3, -0.25) is 0 Å². The van der Waals surface area contributed by atoms with E-state index in [1.807, 2.05) is 19.6 Å². The van der Waals surface area contributed by atoms with Crippen LogP contribution < -0.4 is 0 Å². The molecule has 0 unspecified atom stereocenters. The highest BCUT2D eigenvalue weighted by Gasteiger charge is 2.36. The summed E-state index contributed by atoms with van der Waals surface area (Å²) in [6, 6.07) is 0. The van der Waals surface area contributed by atoms with Gasteiger partial charge in [0.25, 0.3) is 0 Å². The average Bonchev–Trinajstić information content (AvgIpc) is 2.72. The van der Waals surface area contributed by atoms with Gasteiger partial charge in [0.05, 0.1) is 0 Å². The van der Waals surface area contributed by atoms with Gasteiger partial charge in [0, 0.05) is 49.8 Å². The molecule has 0 spiro atoms. The first kappa shape index (κ1) is 26.3. The Morgan fingerprint density at radius 2 is 0.593 bits per heavy atom. The van der Waals surface area contributed by atoms with E-state index in [0.717, 1.165) is 0 Å². The lowest BCUT2D eigenvalue weighted by Crippen LogP contribution is -2.42. The SMILES string of the molecule is CO[Si](C#C[Si](C)(OC)OC)(C#C[Si](C)(OC)OC)C#C[Si](C)(OC)OC. The van der Waals surface area contributed by atoms with Crippen LogP contribution in [0.15, 0.2) is 0 Å². The molecule has 0 aromatic rings. The van der Waals surface area contributed by atoms with Crippen molar-refractivity contribution in [3.05, 3.63) is 0 Å². The van der Waals surface area contributed by atoms with E-state index in [1.54, 1.807) is 49.8 Å².